The van der Waals surface area contributed by atoms with Gasteiger partial charge in [-0.25, -0.2) is 4.79 Å². The van der Waals surface area contributed by atoms with Crippen LogP contribution in [0.3, 0.4) is 0 Å². The molecule has 102 valence electrons. The Kier molecular flexibility index (Phi) is 4.37. The zero-order chi connectivity index (χ0) is 13.0. The first-order valence-corrected chi connectivity index (χ1v) is 7.59. The summed E-state index contributed by atoms with van der Waals surface area (Å²) in [7, 11) is 0. The number of hydrogen-bond donors (Lipinski definition) is 2. The Balaban J connectivity index is 1.81. The van der Waals surface area contributed by atoms with E-state index in [1.807, 2.05) is 16.7 Å². The lowest BCUT2D eigenvalue weighted by molar-refractivity contribution is -0.136. The molecule has 2 aliphatic rings. The van der Waals surface area contributed by atoms with Crippen molar-refractivity contribution in [2.75, 3.05) is 31.1 Å². The number of hydrogen-bond acceptors (Lipinski definition) is 3. The number of thioether (sulfide) groups is 1. The summed E-state index contributed by atoms with van der Waals surface area (Å²) < 4.78 is 0. The monoisotopic (exact) mass is 272 g/mol. The van der Waals surface area contributed by atoms with Gasteiger partial charge in [0.1, 0.15) is 0 Å². The number of urea groups is 1. The van der Waals surface area contributed by atoms with Crippen LogP contribution in [-0.2, 0) is 4.79 Å². The first-order valence-electron chi connectivity index (χ1n) is 6.44. The lowest BCUT2D eigenvalue weighted by atomic mass is 9.80. The molecule has 1 atom stereocenters. The molecule has 18 heavy (non-hydrogen) atoms. The molecule has 1 spiro atoms. The molecule has 0 aliphatic carbocycles. The molecule has 0 radical (unpaired) electrons. The maximum absolute atomic E-state index is 11.9. The molecule has 0 aromatic carbocycles. The summed E-state index contributed by atoms with van der Waals surface area (Å²) in [5.74, 6) is 1.48. The molecular formula is C12H20N2O3S. The van der Waals surface area contributed by atoms with Gasteiger partial charge in [-0.3, -0.25) is 4.79 Å². The molecule has 2 heterocycles. The second-order valence-corrected chi connectivity index (χ2v) is 6.31. The van der Waals surface area contributed by atoms with Gasteiger partial charge in [-0.2, -0.15) is 11.8 Å². The van der Waals surface area contributed by atoms with Crippen LogP contribution in [0.1, 0.15) is 25.7 Å². The van der Waals surface area contributed by atoms with Crippen molar-refractivity contribution in [3.8, 4) is 0 Å². The van der Waals surface area contributed by atoms with Crippen LogP contribution in [-0.4, -0.2) is 53.1 Å². The first-order chi connectivity index (χ1) is 8.61. The van der Waals surface area contributed by atoms with E-state index in [0.29, 0.717) is 5.41 Å². The summed E-state index contributed by atoms with van der Waals surface area (Å²) in [5, 5.41) is 11.2. The van der Waals surface area contributed by atoms with Crippen LogP contribution < -0.4 is 5.32 Å². The molecule has 0 aromatic rings. The van der Waals surface area contributed by atoms with E-state index in [-0.39, 0.29) is 19.0 Å². The van der Waals surface area contributed by atoms with Gasteiger partial charge in [0, 0.05) is 25.4 Å². The van der Waals surface area contributed by atoms with E-state index in [4.69, 9.17) is 5.11 Å². The third-order valence-electron chi connectivity index (χ3n) is 3.75. The Bertz CT molecular complexity index is 329. The molecule has 2 rings (SSSR count). The number of rotatable bonds is 3. The largest absolute Gasteiger partial charge is 0.481 e. The second-order valence-electron chi connectivity index (χ2n) is 5.20. The normalized spacial score (nSPS) is 27.4. The molecule has 2 aliphatic heterocycles. The lowest BCUT2D eigenvalue weighted by Crippen LogP contribution is -2.50. The molecule has 6 heteroatoms. The summed E-state index contributed by atoms with van der Waals surface area (Å²) >= 11 is 1.98. The summed E-state index contributed by atoms with van der Waals surface area (Å²) in [6.45, 7) is 1.84. The van der Waals surface area contributed by atoms with Gasteiger partial charge in [-0.15, -0.1) is 0 Å². The maximum atomic E-state index is 11.9. The third-order valence-corrected chi connectivity index (χ3v) is 5.06. The molecule has 0 aromatic heterocycles. The highest BCUT2D eigenvalue weighted by atomic mass is 32.2. The summed E-state index contributed by atoms with van der Waals surface area (Å²) in [5.41, 5.74) is 0.326. The summed E-state index contributed by atoms with van der Waals surface area (Å²) in [4.78, 5) is 24.2. The molecule has 1 unspecified atom stereocenters. The van der Waals surface area contributed by atoms with Gasteiger partial charge in [-0.05, 0) is 30.4 Å². The third kappa shape index (κ3) is 3.31. The molecule has 2 fully saturated rings. The Morgan fingerprint density at radius 1 is 1.39 bits per heavy atom. The number of piperidine rings is 1. The summed E-state index contributed by atoms with van der Waals surface area (Å²) in [6.07, 6.45) is 3.48. The maximum Gasteiger partial charge on any atom is 0.317 e. The van der Waals surface area contributed by atoms with Crippen molar-refractivity contribution < 1.29 is 14.7 Å². The fourth-order valence-electron chi connectivity index (χ4n) is 2.74. The predicted octanol–water partition coefficient (Wildman–Crippen LogP) is 1.39. The molecule has 0 bridgehead atoms. The number of nitrogens with one attached hydrogen (secondary N) is 1. The number of carboxylic acid groups (broad SMARTS) is 1. The standard InChI is InChI=1S/C12H20N2O3S/c15-10(16)2-5-13-11(17)14-6-1-3-12(8-14)4-7-18-9-12/h1-9H2,(H,13,17)(H,15,16). The predicted molar refractivity (Wildman–Crippen MR) is 70.8 cm³/mol. The Morgan fingerprint density at radius 2 is 2.22 bits per heavy atom. The van der Waals surface area contributed by atoms with Crippen LogP contribution in [0, 0.1) is 5.41 Å². The van der Waals surface area contributed by atoms with Crippen LogP contribution in [0.4, 0.5) is 4.79 Å². The van der Waals surface area contributed by atoms with E-state index < -0.39 is 5.97 Å². The van der Waals surface area contributed by atoms with Crippen LogP contribution in [0.2, 0.25) is 0 Å². The molecule has 2 N–H and O–H groups in total. The lowest BCUT2D eigenvalue weighted by Gasteiger charge is -2.39. The van der Waals surface area contributed by atoms with Gasteiger partial charge >= 0.3 is 12.0 Å². The highest BCUT2D eigenvalue weighted by Crippen LogP contribution is 2.42. The average Bonchev–Trinajstić information content (AvgIpc) is 2.76. The van der Waals surface area contributed by atoms with Gasteiger partial charge in [0.25, 0.3) is 0 Å². The number of aliphatic carboxylic acids is 1. The van der Waals surface area contributed by atoms with E-state index in [2.05, 4.69) is 5.32 Å². The summed E-state index contributed by atoms with van der Waals surface area (Å²) in [6, 6.07) is -0.104. The zero-order valence-corrected chi connectivity index (χ0v) is 11.3. The first kappa shape index (κ1) is 13.5. The van der Waals surface area contributed by atoms with Crippen LogP contribution in [0.15, 0.2) is 0 Å². The number of amides is 2. The van der Waals surface area contributed by atoms with Crippen molar-refractivity contribution in [2.45, 2.75) is 25.7 Å². The fourth-order valence-corrected chi connectivity index (χ4v) is 4.28. The van der Waals surface area contributed by atoms with Crippen LogP contribution in [0.25, 0.3) is 0 Å². The van der Waals surface area contributed by atoms with Gasteiger partial charge in [0.2, 0.25) is 0 Å². The van der Waals surface area contributed by atoms with Gasteiger partial charge < -0.3 is 15.3 Å². The number of carbonyl (C=O) groups excluding carboxylic acids is 1. The number of likely N-dealkylation sites (tertiary alicyclic amines) is 1. The van der Waals surface area contributed by atoms with Gasteiger partial charge in [-0.1, -0.05) is 0 Å². The van der Waals surface area contributed by atoms with E-state index in [1.165, 1.54) is 18.6 Å². The molecular weight excluding hydrogens is 252 g/mol. The van der Waals surface area contributed by atoms with E-state index in [1.54, 1.807) is 0 Å². The molecule has 5 nitrogen and oxygen atoms in total. The second kappa shape index (κ2) is 5.82. The van der Waals surface area contributed by atoms with E-state index in [9.17, 15) is 9.59 Å². The van der Waals surface area contributed by atoms with E-state index in [0.717, 1.165) is 25.3 Å². The fraction of sp³-hybridized carbons (Fsp3) is 0.833. The number of nitrogens with zero attached hydrogens (tertiary/aromatic N) is 1. The van der Waals surface area contributed by atoms with Crippen LogP contribution in [0.5, 0.6) is 0 Å². The highest BCUT2D eigenvalue weighted by molar-refractivity contribution is 7.99. The van der Waals surface area contributed by atoms with Crippen molar-refractivity contribution in [3.63, 3.8) is 0 Å². The minimum absolute atomic E-state index is 0.0133. The SMILES string of the molecule is O=C(O)CCNC(=O)N1CCCC2(CCSC2)C1. The average molecular weight is 272 g/mol. The highest BCUT2D eigenvalue weighted by Gasteiger charge is 2.39. The van der Waals surface area contributed by atoms with Crippen molar-refractivity contribution in [1.29, 1.82) is 0 Å². The smallest absolute Gasteiger partial charge is 0.317 e. The zero-order valence-electron chi connectivity index (χ0n) is 10.5. The molecule has 2 amide bonds. The minimum atomic E-state index is -0.877. The number of carboxylic acids is 1. The number of carbonyl (C=O) groups is 2. The van der Waals surface area contributed by atoms with Crippen molar-refractivity contribution in [3.05, 3.63) is 0 Å². The van der Waals surface area contributed by atoms with Crippen molar-refractivity contribution >= 4 is 23.8 Å². The van der Waals surface area contributed by atoms with Gasteiger partial charge in [0.15, 0.2) is 0 Å². The topological polar surface area (TPSA) is 69.6 Å². The minimum Gasteiger partial charge on any atom is -0.481 e. The Labute approximate surface area is 111 Å². The van der Waals surface area contributed by atoms with Gasteiger partial charge in [0.05, 0.1) is 6.42 Å². The van der Waals surface area contributed by atoms with E-state index >= 15 is 0 Å². The Morgan fingerprint density at radius 3 is 2.89 bits per heavy atom. The molecule has 0 saturated carbocycles. The van der Waals surface area contributed by atoms with Crippen LogP contribution >= 0.6 is 11.8 Å². The molecule has 2 saturated heterocycles. The van der Waals surface area contributed by atoms with Crippen molar-refractivity contribution in [1.82, 2.24) is 10.2 Å². The van der Waals surface area contributed by atoms with Crippen molar-refractivity contribution in [2.24, 2.45) is 5.41 Å². The quantitative estimate of drug-likeness (QED) is 0.814. The Hall–Kier alpha value is -0.910.